The van der Waals surface area contributed by atoms with Gasteiger partial charge in [-0.15, -0.1) is 6.58 Å². The molecule has 0 aromatic carbocycles. The molecule has 1 nitrogen and oxygen atoms in total. The second-order valence-corrected chi connectivity index (χ2v) is 9.00. The second kappa shape index (κ2) is 5.08. The number of allylic oxidation sites excluding steroid dienone is 3. The summed E-state index contributed by atoms with van der Waals surface area (Å²) in [6.45, 7) is 12.9. The predicted molar refractivity (Wildman–Crippen MR) is 92.6 cm³/mol. The van der Waals surface area contributed by atoms with Crippen LogP contribution < -0.4 is 0 Å². The van der Waals surface area contributed by atoms with Crippen LogP contribution in [0.1, 0.15) is 72.6 Å². The summed E-state index contributed by atoms with van der Waals surface area (Å²) in [5.41, 5.74) is 2.12. The van der Waals surface area contributed by atoms with Crippen LogP contribution in [0.4, 0.5) is 0 Å². The van der Waals surface area contributed by atoms with Crippen molar-refractivity contribution in [2.24, 2.45) is 28.1 Å². The van der Waals surface area contributed by atoms with Gasteiger partial charge in [0, 0.05) is 5.41 Å². The maximum Gasteiger partial charge on any atom is 0.135 e. The Kier molecular flexibility index (Phi) is 3.70. The van der Waals surface area contributed by atoms with Crippen LogP contribution in [0.25, 0.3) is 0 Å². The lowest BCUT2D eigenvalue weighted by molar-refractivity contribution is -0.137. The Morgan fingerprint density at radius 3 is 2.64 bits per heavy atom. The van der Waals surface area contributed by atoms with Gasteiger partial charge in [-0.25, -0.2) is 0 Å². The Labute approximate surface area is 136 Å². The zero-order chi connectivity index (χ0) is 16.2. The molecule has 0 saturated heterocycles. The van der Waals surface area contributed by atoms with Gasteiger partial charge in [0.05, 0.1) is 0 Å². The molecule has 3 aliphatic rings. The van der Waals surface area contributed by atoms with E-state index < -0.39 is 0 Å². The molecule has 22 heavy (non-hydrogen) atoms. The normalized spacial score (nSPS) is 47.9. The number of carbonyl (C=O) groups excluding carboxylic acids is 1. The molecule has 0 bridgehead atoms. The number of carbonyl (C=O) groups is 1. The molecule has 5 atom stereocenters. The Morgan fingerprint density at radius 2 is 2.00 bits per heavy atom. The average Bonchev–Trinajstić information content (AvgIpc) is 2.46. The van der Waals surface area contributed by atoms with Crippen molar-refractivity contribution in [3.8, 4) is 0 Å². The van der Waals surface area contributed by atoms with E-state index in [1.165, 1.54) is 32.1 Å². The van der Waals surface area contributed by atoms with Crippen LogP contribution in [0.5, 0.6) is 0 Å². The molecule has 2 fully saturated rings. The molecule has 2 unspecified atom stereocenters. The molecule has 0 aromatic rings. The van der Waals surface area contributed by atoms with Crippen LogP contribution in [-0.2, 0) is 4.79 Å². The van der Waals surface area contributed by atoms with E-state index in [4.69, 9.17) is 0 Å². The Hall–Kier alpha value is -0.850. The van der Waals surface area contributed by atoms with Gasteiger partial charge in [0.25, 0.3) is 0 Å². The second-order valence-electron chi connectivity index (χ2n) is 9.00. The third kappa shape index (κ3) is 2.15. The van der Waals surface area contributed by atoms with Crippen LogP contribution in [0, 0.1) is 28.1 Å². The predicted octanol–water partition coefficient (Wildman–Crippen LogP) is 5.71. The summed E-state index contributed by atoms with van der Waals surface area (Å²) in [5, 5.41) is 0. The number of rotatable bonds is 2. The Morgan fingerprint density at radius 1 is 1.27 bits per heavy atom. The number of Topliss-reactive ketones (excluding diaryl/α,β-unsaturated/α-hetero) is 1. The van der Waals surface area contributed by atoms with E-state index in [0.29, 0.717) is 17.6 Å². The fourth-order valence-electron chi connectivity index (χ4n) is 6.04. The van der Waals surface area contributed by atoms with Crippen LogP contribution >= 0.6 is 0 Å². The highest BCUT2D eigenvalue weighted by Gasteiger charge is 2.56. The van der Waals surface area contributed by atoms with Crippen molar-refractivity contribution >= 4 is 5.78 Å². The Bertz CT molecular complexity index is 530. The maximum atomic E-state index is 12.4. The highest BCUT2D eigenvalue weighted by molar-refractivity contribution is 5.82. The molecule has 3 rings (SSSR count). The standard InChI is InChI=1S/C21H32O/c1-6-19(3)13-10-17-16(14-19)8-9-18-20(4,15(2)22)11-7-12-21(17,18)5/h6,10,16,18H,1,7-9,11-14H2,2-5H3/t16?,18?,19-,20-,21-/m0/s1. The fourth-order valence-corrected chi connectivity index (χ4v) is 6.04. The fraction of sp³-hybridized carbons (Fsp3) is 0.762. The SMILES string of the molecule is C=C[C@@]1(C)CC=C2C(CCC3[C@](C)(C(C)=O)CCC[C@@]23C)C1. The number of ketones is 1. The molecule has 0 heterocycles. The number of hydrogen-bond donors (Lipinski definition) is 0. The highest BCUT2D eigenvalue weighted by atomic mass is 16.1. The van der Waals surface area contributed by atoms with Gasteiger partial charge in [0.15, 0.2) is 0 Å². The third-order valence-corrected chi connectivity index (χ3v) is 7.63. The first-order valence-corrected chi connectivity index (χ1v) is 9.10. The molecule has 3 aliphatic carbocycles. The zero-order valence-electron chi connectivity index (χ0n) is 14.9. The molecule has 0 aliphatic heterocycles. The lowest BCUT2D eigenvalue weighted by atomic mass is 9.45. The summed E-state index contributed by atoms with van der Waals surface area (Å²) in [6.07, 6.45) is 13.1. The largest absolute Gasteiger partial charge is 0.299 e. The van der Waals surface area contributed by atoms with E-state index in [1.807, 2.05) is 6.92 Å². The molecular formula is C21H32O. The van der Waals surface area contributed by atoms with E-state index >= 15 is 0 Å². The van der Waals surface area contributed by atoms with Gasteiger partial charge in [-0.1, -0.05) is 44.9 Å². The van der Waals surface area contributed by atoms with Gasteiger partial charge < -0.3 is 0 Å². The summed E-state index contributed by atoms with van der Waals surface area (Å²) in [5.74, 6) is 1.67. The minimum absolute atomic E-state index is 0.0992. The van der Waals surface area contributed by atoms with Crippen molar-refractivity contribution in [3.05, 3.63) is 24.3 Å². The van der Waals surface area contributed by atoms with Crippen molar-refractivity contribution in [2.45, 2.75) is 72.6 Å². The first-order valence-electron chi connectivity index (χ1n) is 9.10. The summed E-state index contributed by atoms with van der Waals surface area (Å²) in [7, 11) is 0. The van der Waals surface area contributed by atoms with Crippen molar-refractivity contribution in [3.63, 3.8) is 0 Å². The molecule has 2 saturated carbocycles. The molecule has 0 aromatic heterocycles. The van der Waals surface area contributed by atoms with Gasteiger partial charge in [-0.3, -0.25) is 4.79 Å². The zero-order valence-corrected chi connectivity index (χ0v) is 14.9. The number of fused-ring (bicyclic) bond motifs is 3. The summed E-state index contributed by atoms with van der Waals surface area (Å²) in [6, 6.07) is 0. The van der Waals surface area contributed by atoms with E-state index in [0.717, 1.165) is 12.8 Å². The average molecular weight is 300 g/mol. The molecule has 0 radical (unpaired) electrons. The quantitative estimate of drug-likeness (QED) is 0.597. The van der Waals surface area contributed by atoms with Crippen LogP contribution in [0.2, 0.25) is 0 Å². The van der Waals surface area contributed by atoms with Crippen LogP contribution in [0.15, 0.2) is 24.3 Å². The minimum Gasteiger partial charge on any atom is -0.299 e. The van der Waals surface area contributed by atoms with Gasteiger partial charge in [-0.2, -0.15) is 0 Å². The van der Waals surface area contributed by atoms with Crippen molar-refractivity contribution < 1.29 is 4.79 Å². The Balaban J connectivity index is 1.99. The molecular weight excluding hydrogens is 268 g/mol. The van der Waals surface area contributed by atoms with Gasteiger partial charge >= 0.3 is 0 Å². The van der Waals surface area contributed by atoms with Crippen molar-refractivity contribution in [1.29, 1.82) is 0 Å². The number of hydrogen-bond acceptors (Lipinski definition) is 1. The van der Waals surface area contributed by atoms with E-state index in [1.54, 1.807) is 5.57 Å². The van der Waals surface area contributed by atoms with E-state index in [9.17, 15) is 4.79 Å². The van der Waals surface area contributed by atoms with Crippen LogP contribution in [0.3, 0.4) is 0 Å². The van der Waals surface area contributed by atoms with Gasteiger partial charge in [0.1, 0.15) is 5.78 Å². The molecule has 0 spiro atoms. The van der Waals surface area contributed by atoms with E-state index in [-0.39, 0.29) is 16.2 Å². The first-order chi connectivity index (χ1) is 10.3. The maximum absolute atomic E-state index is 12.4. The summed E-state index contributed by atoms with van der Waals surface area (Å²) in [4.78, 5) is 12.4. The van der Waals surface area contributed by atoms with Gasteiger partial charge in [-0.05, 0) is 68.1 Å². The summed E-state index contributed by atoms with van der Waals surface area (Å²) < 4.78 is 0. The van der Waals surface area contributed by atoms with Crippen LogP contribution in [-0.4, -0.2) is 5.78 Å². The lowest BCUT2D eigenvalue weighted by Gasteiger charge is -2.58. The smallest absolute Gasteiger partial charge is 0.135 e. The molecule has 1 heteroatoms. The highest BCUT2D eigenvalue weighted by Crippen LogP contribution is 2.63. The lowest BCUT2D eigenvalue weighted by Crippen LogP contribution is -2.52. The van der Waals surface area contributed by atoms with Crippen molar-refractivity contribution in [2.75, 3.05) is 0 Å². The van der Waals surface area contributed by atoms with Gasteiger partial charge in [0.2, 0.25) is 0 Å². The first kappa shape index (κ1) is 16.0. The molecule has 122 valence electrons. The third-order valence-electron chi connectivity index (χ3n) is 7.63. The minimum atomic E-state index is -0.0992. The monoisotopic (exact) mass is 300 g/mol. The molecule has 0 N–H and O–H groups in total. The molecule has 0 amide bonds. The summed E-state index contributed by atoms with van der Waals surface area (Å²) >= 11 is 0. The topological polar surface area (TPSA) is 17.1 Å². The van der Waals surface area contributed by atoms with Crippen molar-refractivity contribution in [1.82, 2.24) is 0 Å². The van der Waals surface area contributed by atoms with E-state index in [2.05, 4.69) is 39.5 Å².